The molecule has 2 aromatic heterocycles. The Hall–Kier alpha value is -2.38. The smallest absolute Gasteiger partial charge is 0.264 e. The number of fused-ring (bicyclic) bond motifs is 1. The third-order valence-electron chi connectivity index (χ3n) is 5.09. The molecule has 0 spiro atoms. The first kappa shape index (κ1) is 18.0. The average molecular weight is 389 g/mol. The molecule has 0 radical (unpaired) electrons. The van der Waals surface area contributed by atoms with Crippen molar-refractivity contribution in [2.75, 3.05) is 20.3 Å². The summed E-state index contributed by atoms with van der Waals surface area (Å²) in [7, 11) is 3.32. The Morgan fingerprint density at radius 3 is 2.85 bits per heavy atom. The van der Waals surface area contributed by atoms with Crippen LogP contribution in [-0.2, 0) is 18.2 Å². The second kappa shape index (κ2) is 7.32. The molecule has 0 bridgehead atoms. The third kappa shape index (κ3) is 3.21. The van der Waals surface area contributed by atoms with Gasteiger partial charge in [-0.15, -0.1) is 0 Å². The molecule has 8 heteroatoms. The highest BCUT2D eigenvalue weighted by molar-refractivity contribution is 6.31. The Balaban J connectivity index is 1.82. The van der Waals surface area contributed by atoms with Crippen molar-refractivity contribution in [1.29, 1.82) is 0 Å². The summed E-state index contributed by atoms with van der Waals surface area (Å²) in [6.07, 6.45) is 3.73. The van der Waals surface area contributed by atoms with Gasteiger partial charge in [-0.25, -0.2) is 9.67 Å². The van der Waals surface area contributed by atoms with E-state index >= 15 is 0 Å². The van der Waals surface area contributed by atoms with Gasteiger partial charge in [-0.05, 0) is 25.0 Å². The molecule has 0 aliphatic carbocycles. The van der Waals surface area contributed by atoms with E-state index < -0.39 is 0 Å². The fourth-order valence-corrected chi connectivity index (χ4v) is 3.76. The number of halogens is 1. The monoisotopic (exact) mass is 388 g/mol. The van der Waals surface area contributed by atoms with Gasteiger partial charge in [0.15, 0.2) is 5.65 Å². The van der Waals surface area contributed by atoms with Crippen LogP contribution in [0.2, 0.25) is 5.02 Å². The van der Waals surface area contributed by atoms with Gasteiger partial charge >= 0.3 is 0 Å². The molecule has 27 heavy (non-hydrogen) atoms. The Kier molecular flexibility index (Phi) is 4.88. The van der Waals surface area contributed by atoms with Crippen molar-refractivity contribution < 1.29 is 9.47 Å². The van der Waals surface area contributed by atoms with Gasteiger partial charge in [0, 0.05) is 37.3 Å². The third-order valence-corrected chi connectivity index (χ3v) is 5.45. The van der Waals surface area contributed by atoms with Crippen LogP contribution in [0.1, 0.15) is 30.3 Å². The van der Waals surface area contributed by atoms with Gasteiger partial charge in [0.25, 0.3) is 5.56 Å². The fourth-order valence-electron chi connectivity index (χ4n) is 3.53. The van der Waals surface area contributed by atoms with E-state index in [4.69, 9.17) is 26.1 Å². The van der Waals surface area contributed by atoms with Crippen molar-refractivity contribution in [2.45, 2.75) is 25.3 Å². The van der Waals surface area contributed by atoms with Crippen LogP contribution >= 0.6 is 11.6 Å². The van der Waals surface area contributed by atoms with Crippen LogP contribution in [-0.4, -0.2) is 39.7 Å². The molecule has 3 heterocycles. The zero-order valence-corrected chi connectivity index (χ0v) is 16.1. The molecule has 3 aromatic rings. The number of methoxy groups -OCH3 is 1. The maximum Gasteiger partial charge on any atom is 0.264 e. The largest absolute Gasteiger partial charge is 0.496 e. The number of nitrogens with zero attached hydrogens (tertiary/aromatic N) is 4. The van der Waals surface area contributed by atoms with Crippen LogP contribution in [0.15, 0.2) is 29.2 Å². The summed E-state index contributed by atoms with van der Waals surface area (Å²) in [5.74, 6) is 1.29. The van der Waals surface area contributed by atoms with Crippen molar-refractivity contribution in [3.8, 4) is 5.75 Å². The minimum Gasteiger partial charge on any atom is -0.496 e. The summed E-state index contributed by atoms with van der Waals surface area (Å²) in [5.41, 5.74) is 1.31. The summed E-state index contributed by atoms with van der Waals surface area (Å²) in [4.78, 5) is 17.6. The lowest BCUT2D eigenvalue weighted by atomic mass is 10.1. The van der Waals surface area contributed by atoms with Gasteiger partial charge in [0.2, 0.25) is 0 Å². The molecule has 0 unspecified atom stereocenters. The van der Waals surface area contributed by atoms with Gasteiger partial charge in [0.1, 0.15) is 17.0 Å². The number of rotatable bonds is 4. The topological polar surface area (TPSA) is 71.2 Å². The minimum absolute atomic E-state index is 0.112. The zero-order chi connectivity index (χ0) is 19.0. The lowest BCUT2D eigenvalue weighted by molar-refractivity contribution is 0.0673. The van der Waals surface area contributed by atoms with Gasteiger partial charge < -0.3 is 9.47 Å². The number of hydrogen-bond donors (Lipinski definition) is 0. The predicted molar refractivity (Wildman–Crippen MR) is 103 cm³/mol. The van der Waals surface area contributed by atoms with Crippen LogP contribution in [0.5, 0.6) is 5.75 Å². The van der Waals surface area contributed by atoms with E-state index in [0.29, 0.717) is 47.3 Å². The second-order valence-corrected chi connectivity index (χ2v) is 7.07. The molecule has 0 N–H and O–H groups in total. The van der Waals surface area contributed by atoms with E-state index in [1.54, 1.807) is 24.9 Å². The summed E-state index contributed by atoms with van der Waals surface area (Å²) in [6, 6.07) is 5.69. The van der Waals surface area contributed by atoms with E-state index in [1.807, 2.05) is 22.9 Å². The van der Waals surface area contributed by atoms with E-state index in [-0.39, 0.29) is 11.6 Å². The molecule has 1 aliphatic rings. The maximum atomic E-state index is 12.9. The molecule has 1 aromatic carbocycles. The normalized spacial score (nSPS) is 15.4. The van der Waals surface area contributed by atoms with E-state index in [0.717, 1.165) is 18.4 Å². The Labute approximate surface area is 161 Å². The van der Waals surface area contributed by atoms with Crippen molar-refractivity contribution in [3.63, 3.8) is 0 Å². The highest BCUT2D eigenvalue weighted by Crippen LogP contribution is 2.29. The summed E-state index contributed by atoms with van der Waals surface area (Å²) in [5, 5.41) is 5.57. The van der Waals surface area contributed by atoms with Crippen LogP contribution in [0.4, 0.5) is 0 Å². The summed E-state index contributed by atoms with van der Waals surface area (Å²) in [6.45, 7) is 1.39. The Bertz CT molecular complexity index is 1040. The lowest BCUT2D eigenvalue weighted by Gasteiger charge is -2.22. The van der Waals surface area contributed by atoms with Crippen molar-refractivity contribution in [1.82, 2.24) is 19.3 Å². The number of ether oxygens (including phenoxy) is 2. The van der Waals surface area contributed by atoms with Gasteiger partial charge in [-0.3, -0.25) is 9.36 Å². The number of hydrogen-bond acceptors (Lipinski definition) is 5. The molecule has 0 atom stereocenters. The average Bonchev–Trinajstić information content (AvgIpc) is 3.12. The van der Waals surface area contributed by atoms with Gasteiger partial charge in [0.05, 0.1) is 19.3 Å². The Morgan fingerprint density at radius 1 is 1.33 bits per heavy atom. The van der Waals surface area contributed by atoms with Gasteiger partial charge in [-0.1, -0.05) is 17.7 Å². The highest BCUT2D eigenvalue weighted by atomic mass is 35.5. The van der Waals surface area contributed by atoms with E-state index in [2.05, 4.69) is 5.10 Å². The zero-order valence-electron chi connectivity index (χ0n) is 15.3. The first-order chi connectivity index (χ1) is 13.1. The predicted octanol–water partition coefficient (Wildman–Crippen LogP) is 2.73. The van der Waals surface area contributed by atoms with Crippen LogP contribution < -0.4 is 10.3 Å². The van der Waals surface area contributed by atoms with Crippen LogP contribution in [0.25, 0.3) is 11.0 Å². The molecule has 142 valence electrons. The second-order valence-electron chi connectivity index (χ2n) is 6.66. The van der Waals surface area contributed by atoms with E-state index in [9.17, 15) is 4.79 Å². The molecule has 0 saturated carbocycles. The quantitative estimate of drug-likeness (QED) is 0.687. The number of benzene rings is 1. The number of aromatic nitrogens is 4. The standard InChI is InChI=1S/C19H21ClN4O3/c1-23-17(10-13-15(20)4-3-5-16(13)26-2)22-18-14(19(23)25)11-21-24(18)12-6-8-27-9-7-12/h3-5,11-12H,6-10H2,1-2H3. The van der Waals surface area contributed by atoms with Crippen molar-refractivity contribution in [2.24, 2.45) is 7.05 Å². The highest BCUT2D eigenvalue weighted by Gasteiger charge is 2.22. The first-order valence-electron chi connectivity index (χ1n) is 8.92. The fraction of sp³-hybridized carbons (Fsp3) is 0.421. The maximum absolute atomic E-state index is 12.9. The van der Waals surface area contributed by atoms with Crippen molar-refractivity contribution >= 4 is 22.6 Å². The van der Waals surface area contributed by atoms with Gasteiger partial charge in [-0.2, -0.15) is 5.10 Å². The van der Waals surface area contributed by atoms with Crippen LogP contribution in [0.3, 0.4) is 0 Å². The molecule has 1 saturated heterocycles. The van der Waals surface area contributed by atoms with Crippen molar-refractivity contribution in [3.05, 3.63) is 51.2 Å². The molecular formula is C19H21ClN4O3. The molecule has 1 aliphatic heterocycles. The Morgan fingerprint density at radius 2 is 2.11 bits per heavy atom. The molecule has 0 amide bonds. The molecule has 7 nitrogen and oxygen atoms in total. The SMILES string of the molecule is COc1cccc(Cl)c1Cc1nc2c(cnn2C2CCOCC2)c(=O)n1C. The van der Waals surface area contributed by atoms with Crippen LogP contribution in [0, 0.1) is 0 Å². The molecular weight excluding hydrogens is 368 g/mol. The minimum atomic E-state index is -0.112. The summed E-state index contributed by atoms with van der Waals surface area (Å²) < 4.78 is 14.3. The molecule has 4 rings (SSSR count). The lowest BCUT2D eigenvalue weighted by Crippen LogP contribution is -2.25. The first-order valence-corrected chi connectivity index (χ1v) is 9.30. The van der Waals surface area contributed by atoms with E-state index in [1.165, 1.54) is 0 Å². The molecule has 1 fully saturated rings. The summed E-state index contributed by atoms with van der Waals surface area (Å²) >= 11 is 6.37.